The Bertz CT molecular complexity index is 1460. The van der Waals surface area contributed by atoms with Gasteiger partial charge in [-0.05, 0) is 61.4 Å². The number of amides is 1. The number of carbonyl (C=O) groups is 1. The molecule has 0 bridgehead atoms. The zero-order valence-corrected chi connectivity index (χ0v) is 20.0. The van der Waals surface area contributed by atoms with Crippen molar-refractivity contribution in [2.75, 3.05) is 24.9 Å². The van der Waals surface area contributed by atoms with E-state index in [4.69, 9.17) is 4.74 Å². The van der Waals surface area contributed by atoms with E-state index in [-0.39, 0.29) is 16.7 Å². The van der Waals surface area contributed by atoms with Crippen LogP contribution in [0.2, 0.25) is 0 Å². The van der Waals surface area contributed by atoms with Crippen LogP contribution in [0.25, 0.3) is 5.65 Å². The van der Waals surface area contributed by atoms with E-state index in [1.54, 1.807) is 41.3 Å². The molecule has 2 aromatic heterocycles. The largest absolute Gasteiger partial charge is 0.495 e. The first-order valence-corrected chi connectivity index (χ1v) is 12.8. The normalized spacial score (nSPS) is 14.7. The first kappa shape index (κ1) is 22.9. The van der Waals surface area contributed by atoms with Gasteiger partial charge in [-0.25, -0.2) is 8.42 Å². The summed E-state index contributed by atoms with van der Waals surface area (Å²) in [7, 11) is -2.36. The predicted molar refractivity (Wildman–Crippen MR) is 131 cm³/mol. The summed E-state index contributed by atoms with van der Waals surface area (Å²) in [6, 6.07) is 18.6. The zero-order chi connectivity index (χ0) is 24.4. The van der Waals surface area contributed by atoms with Crippen LogP contribution in [0.1, 0.15) is 34.9 Å². The Hall–Kier alpha value is -3.92. The molecular formula is C25H25N5O4S. The molecule has 1 fully saturated rings. The quantitative estimate of drug-likeness (QED) is 0.442. The van der Waals surface area contributed by atoms with Crippen molar-refractivity contribution < 1.29 is 17.9 Å². The molecule has 1 amide bonds. The van der Waals surface area contributed by atoms with Crippen LogP contribution in [0.4, 0.5) is 5.69 Å². The van der Waals surface area contributed by atoms with E-state index in [0.29, 0.717) is 30.1 Å². The first-order chi connectivity index (χ1) is 17.0. The Labute approximate surface area is 203 Å². The lowest BCUT2D eigenvalue weighted by Gasteiger charge is -2.31. The lowest BCUT2D eigenvalue weighted by atomic mass is 9.95. The lowest BCUT2D eigenvalue weighted by molar-refractivity contribution is 0.0710. The van der Waals surface area contributed by atoms with Crippen LogP contribution in [-0.2, 0) is 10.0 Å². The molecule has 0 aliphatic carbocycles. The van der Waals surface area contributed by atoms with Crippen molar-refractivity contribution in [3.05, 3.63) is 84.3 Å². The van der Waals surface area contributed by atoms with E-state index >= 15 is 0 Å². The minimum Gasteiger partial charge on any atom is -0.495 e. The fourth-order valence-electron chi connectivity index (χ4n) is 4.37. The van der Waals surface area contributed by atoms with E-state index in [0.717, 1.165) is 24.3 Å². The van der Waals surface area contributed by atoms with Gasteiger partial charge in [-0.1, -0.05) is 18.2 Å². The maximum atomic E-state index is 13.1. The number of benzene rings is 2. The summed E-state index contributed by atoms with van der Waals surface area (Å²) in [5.41, 5.74) is 1.61. The number of piperidine rings is 1. The number of nitrogens with one attached hydrogen (secondary N) is 1. The summed E-state index contributed by atoms with van der Waals surface area (Å²) in [5, 5.41) is 8.59. The van der Waals surface area contributed by atoms with E-state index in [1.807, 2.05) is 28.8 Å². The van der Waals surface area contributed by atoms with Crippen LogP contribution in [0, 0.1) is 0 Å². The average molecular weight is 492 g/mol. The number of fused-ring (bicyclic) bond motifs is 1. The number of rotatable bonds is 6. The van der Waals surface area contributed by atoms with E-state index in [2.05, 4.69) is 14.9 Å². The third-order valence-corrected chi connectivity index (χ3v) is 7.63. The number of aromatic nitrogens is 3. The topological polar surface area (TPSA) is 106 Å². The number of likely N-dealkylation sites (tertiary alicyclic amines) is 1. The van der Waals surface area contributed by atoms with Crippen molar-refractivity contribution in [1.82, 2.24) is 19.5 Å². The molecule has 0 spiro atoms. The summed E-state index contributed by atoms with van der Waals surface area (Å²) >= 11 is 0. The van der Waals surface area contributed by atoms with Crippen molar-refractivity contribution in [3.63, 3.8) is 0 Å². The Morgan fingerprint density at radius 1 is 0.971 bits per heavy atom. The Morgan fingerprint density at radius 3 is 2.43 bits per heavy atom. The summed E-state index contributed by atoms with van der Waals surface area (Å²) in [4.78, 5) is 14.9. The fraction of sp³-hybridized carbons (Fsp3) is 0.240. The van der Waals surface area contributed by atoms with Gasteiger partial charge in [-0.2, -0.15) is 0 Å². The Balaban J connectivity index is 1.25. The van der Waals surface area contributed by atoms with Gasteiger partial charge < -0.3 is 9.64 Å². The third-order valence-electron chi connectivity index (χ3n) is 6.25. The maximum absolute atomic E-state index is 13.1. The Morgan fingerprint density at radius 2 is 1.69 bits per heavy atom. The van der Waals surface area contributed by atoms with Gasteiger partial charge in [0, 0.05) is 30.8 Å². The monoisotopic (exact) mass is 491 g/mol. The molecular weight excluding hydrogens is 466 g/mol. The van der Waals surface area contributed by atoms with E-state index in [9.17, 15) is 13.2 Å². The number of sulfonamides is 1. The van der Waals surface area contributed by atoms with E-state index in [1.165, 1.54) is 19.2 Å². The number of para-hydroxylation sites is 2. The molecule has 1 saturated heterocycles. The number of nitrogens with zero attached hydrogens (tertiary/aromatic N) is 4. The van der Waals surface area contributed by atoms with Crippen LogP contribution < -0.4 is 9.46 Å². The Kier molecular flexibility index (Phi) is 6.12. The highest BCUT2D eigenvalue weighted by molar-refractivity contribution is 7.92. The molecule has 3 heterocycles. The first-order valence-electron chi connectivity index (χ1n) is 11.3. The number of anilines is 1. The second-order valence-electron chi connectivity index (χ2n) is 8.38. The van der Waals surface area contributed by atoms with Crippen molar-refractivity contribution in [2.45, 2.75) is 23.7 Å². The highest BCUT2D eigenvalue weighted by Crippen LogP contribution is 2.29. The molecule has 4 aromatic rings. The minimum absolute atomic E-state index is 0.0670. The van der Waals surface area contributed by atoms with Crippen LogP contribution in [0.5, 0.6) is 5.75 Å². The molecule has 1 N–H and O–H groups in total. The van der Waals surface area contributed by atoms with Crippen LogP contribution in [-0.4, -0.2) is 54.0 Å². The number of pyridine rings is 1. The van der Waals surface area contributed by atoms with Gasteiger partial charge in [-0.3, -0.25) is 13.9 Å². The van der Waals surface area contributed by atoms with Gasteiger partial charge in [0.05, 0.1) is 17.7 Å². The molecule has 10 heteroatoms. The van der Waals surface area contributed by atoms with Gasteiger partial charge >= 0.3 is 0 Å². The molecule has 0 atom stereocenters. The summed E-state index contributed by atoms with van der Waals surface area (Å²) in [6.07, 6.45) is 3.54. The second-order valence-corrected chi connectivity index (χ2v) is 10.1. The predicted octanol–water partition coefficient (Wildman–Crippen LogP) is 3.56. The molecule has 35 heavy (non-hydrogen) atoms. The van der Waals surface area contributed by atoms with E-state index < -0.39 is 10.0 Å². The summed E-state index contributed by atoms with van der Waals surface area (Å²) < 4.78 is 35.4. The lowest BCUT2D eigenvalue weighted by Crippen LogP contribution is -2.38. The SMILES string of the molecule is COc1ccccc1NS(=O)(=O)c1ccc(C(=O)N2CCC(c3nnc4ccccn34)CC2)cc1. The van der Waals surface area contributed by atoms with Crippen molar-refractivity contribution >= 4 is 27.3 Å². The number of ether oxygens (including phenoxy) is 1. The minimum atomic E-state index is -3.83. The molecule has 1 aliphatic rings. The van der Waals surface area contributed by atoms with Crippen LogP contribution in [0.3, 0.4) is 0 Å². The van der Waals surface area contributed by atoms with Crippen molar-refractivity contribution in [3.8, 4) is 5.75 Å². The fourth-order valence-corrected chi connectivity index (χ4v) is 5.44. The number of hydrogen-bond acceptors (Lipinski definition) is 6. The standard InChI is InChI=1S/C25H25N5O4S/c1-34-22-7-3-2-6-21(22)28-35(32,33)20-11-9-19(10-12-20)25(31)29-16-13-18(14-17-29)24-27-26-23-8-4-5-15-30(23)24/h2-12,15,18,28H,13-14,16-17H2,1H3. The molecule has 5 rings (SSSR count). The molecule has 0 radical (unpaired) electrons. The smallest absolute Gasteiger partial charge is 0.262 e. The average Bonchev–Trinajstić information content (AvgIpc) is 3.33. The zero-order valence-electron chi connectivity index (χ0n) is 19.2. The molecule has 2 aromatic carbocycles. The van der Waals surface area contributed by atoms with Gasteiger partial charge in [0.25, 0.3) is 15.9 Å². The van der Waals surface area contributed by atoms with Gasteiger partial charge in [0.1, 0.15) is 11.6 Å². The summed E-state index contributed by atoms with van der Waals surface area (Å²) in [5.74, 6) is 1.46. The highest BCUT2D eigenvalue weighted by Gasteiger charge is 2.27. The molecule has 1 aliphatic heterocycles. The second kappa shape index (κ2) is 9.38. The van der Waals surface area contributed by atoms with Crippen LogP contribution >= 0.6 is 0 Å². The summed E-state index contributed by atoms with van der Waals surface area (Å²) in [6.45, 7) is 1.20. The maximum Gasteiger partial charge on any atom is 0.262 e. The van der Waals surface area contributed by atoms with Gasteiger partial charge in [-0.15, -0.1) is 10.2 Å². The van der Waals surface area contributed by atoms with Gasteiger partial charge in [0.2, 0.25) is 0 Å². The van der Waals surface area contributed by atoms with Gasteiger partial charge in [0.15, 0.2) is 5.65 Å². The molecule has 180 valence electrons. The third kappa shape index (κ3) is 4.57. The highest BCUT2D eigenvalue weighted by atomic mass is 32.2. The molecule has 9 nitrogen and oxygen atoms in total. The molecule has 0 unspecified atom stereocenters. The number of carbonyl (C=O) groups excluding carboxylic acids is 1. The number of hydrogen-bond donors (Lipinski definition) is 1. The number of methoxy groups -OCH3 is 1. The van der Waals surface area contributed by atoms with Crippen molar-refractivity contribution in [2.24, 2.45) is 0 Å². The van der Waals surface area contributed by atoms with Crippen molar-refractivity contribution in [1.29, 1.82) is 0 Å². The molecule has 0 saturated carbocycles. The van der Waals surface area contributed by atoms with Crippen LogP contribution in [0.15, 0.2) is 77.8 Å².